The third-order valence-electron chi connectivity index (χ3n) is 3.06. The standard InChI is InChI=1S/C14H27N5OS/c1-6-7-8-9-11(2)15-12(20)10-21-13-16-17-18-19(13)14(3,4)5/h11H,6-10H2,1-5H3,(H,15,20). The summed E-state index contributed by atoms with van der Waals surface area (Å²) in [5, 5.41) is 15.3. The Morgan fingerprint density at radius 3 is 2.71 bits per heavy atom. The summed E-state index contributed by atoms with van der Waals surface area (Å²) in [5.74, 6) is 0.377. The van der Waals surface area contributed by atoms with Gasteiger partial charge in [0.2, 0.25) is 11.1 Å². The molecular formula is C14H27N5OS. The van der Waals surface area contributed by atoms with Gasteiger partial charge in [-0.1, -0.05) is 37.9 Å². The van der Waals surface area contributed by atoms with Crippen molar-refractivity contribution < 1.29 is 4.79 Å². The summed E-state index contributed by atoms with van der Waals surface area (Å²) in [6.07, 6.45) is 4.61. The minimum atomic E-state index is -0.185. The highest BCUT2D eigenvalue weighted by Crippen LogP contribution is 2.21. The van der Waals surface area contributed by atoms with Gasteiger partial charge in [-0.3, -0.25) is 4.79 Å². The van der Waals surface area contributed by atoms with Gasteiger partial charge in [0.1, 0.15) is 0 Å². The number of nitrogens with one attached hydrogen (secondary N) is 1. The van der Waals surface area contributed by atoms with Crippen molar-refractivity contribution in [1.82, 2.24) is 25.5 Å². The topological polar surface area (TPSA) is 72.7 Å². The molecule has 1 aromatic rings. The second-order valence-electron chi connectivity index (χ2n) is 6.30. The molecule has 0 aromatic carbocycles. The van der Waals surface area contributed by atoms with Crippen molar-refractivity contribution in [3.63, 3.8) is 0 Å². The first-order valence-corrected chi connectivity index (χ1v) is 8.54. The molecule has 120 valence electrons. The highest BCUT2D eigenvalue weighted by molar-refractivity contribution is 7.99. The second kappa shape index (κ2) is 8.36. The van der Waals surface area contributed by atoms with E-state index in [0.717, 1.165) is 12.8 Å². The number of rotatable bonds is 8. The SMILES string of the molecule is CCCCCC(C)NC(=O)CSc1nnnn1C(C)(C)C. The first-order valence-electron chi connectivity index (χ1n) is 7.55. The number of unbranched alkanes of at least 4 members (excludes halogenated alkanes) is 2. The van der Waals surface area contributed by atoms with Gasteiger partial charge in [-0.05, 0) is 44.5 Å². The Labute approximate surface area is 131 Å². The summed E-state index contributed by atoms with van der Waals surface area (Å²) in [7, 11) is 0. The van der Waals surface area contributed by atoms with Crippen LogP contribution in [0.1, 0.15) is 60.3 Å². The van der Waals surface area contributed by atoms with E-state index in [0.29, 0.717) is 10.9 Å². The van der Waals surface area contributed by atoms with Crippen LogP contribution in [0, 0.1) is 0 Å². The molecule has 0 spiro atoms. The first-order chi connectivity index (χ1) is 9.84. The maximum Gasteiger partial charge on any atom is 0.230 e. The molecule has 1 amide bonds. The summed E-state index contributed by atoms with van der Waals surface area (Å²) in [6, 6.07) is 0.225. The smallest absolute Gasteiger partial charge is 0.230 e. The molecule has 0 aliphatic heterocycles. The van der Waals surface area contributed by atoms with Gasteiger partial charge in [-0.25, -0.2) is 4.68 Å². The van der Waals surface area contributed by atoms with E-state index < -0.39 is 0 Å². The maximum atomic E-state index is 11.9. The van der Waals surface area contributed by atoms with Gasteiger partial charge < -0.3 is 5.32 Å². The van der Waals surface area contributed by atoms with Crippen molar-refractivity contribution in [1.29, 1.82) is 0 Å². The first kappa shape index (κ1) is 17.9. The van der Waals surface area contributed by atoms with E-state index in [4.69, 9.17) is 0 Å². The summed E-state index contributed by atoms with van der Waals surface area (Å²) in [4.78, 5) is 11.9. The number of carbonyl (C=O) groups excluding carboxylic acids is 1. The molecule has 1 atom stereocenters. The van der Waals surface area contributed by atoms with E-state index in [1.54, 1.807) is 4.68 Å². The summed E-state index contributed by atoms with van der Waals surface area (Å²) < 4.78 is 1.75. The second-order valence-corrected chi connectivity index (χ2v) is 7.24. The van der Waals surface area contributed by atoms with E-state index in [1.165, 1.54) is 24.6 Å². The molecule has 1 aromatic heterocycles. The molecule has 0 aliphatic carbocycles. The summed E-state index contributed by atoms with van der Waals surface area (Å²) in [6.45, 7) is 10.3. The van der Waals surface area contributed by atoms with Gasteiger partial charge in [0.15, 0.2) is 0 Å². The van der Waals surface area contributed by atoms with Crippen molar-refractivity contribution in [2.75, 3.05) is 5.75 Å². The zero-order chi connectivity index (χ0) is 15.9. The van der Waals surface area contributed by atoms with Crippen LogP contribution in [0.2, 0.25) is 0 Å². The molecule has 1 N–H and O–H groups in total. The normalized spacial score (nSPS) is 13.2. The lowest BCUT2D eigenvalue weighted by atomic mass is 10.1. The van der Waals surface area contributed by atoms with E-state index in [-0.39, 0.29) is 17.5 Å². The zero-order valence-corrected chi connectivity index (χ0v) is 14.5. The molecule has 21 heavy (non-hydrogen) atoms. The Bertz CT molecular complexity index is 441. The predicted molar refractivity (Wildman–Crippen MR) is 85.3 cm³/mol. The average molecular weight is 313 g/mol. The third kappa shape index (κ3) is 6.46. The molecule has 1 heterocycles. The number of hydrogen-bond acceptors (Lipinski definition) is 5. The Morgan fingerprint density at radius 1 is 1.38 bits per heavy atom. The summed E-state index contributed by atoms with van der Waals surface area (Å²) >= 11 is 1.37. The number of nitrogens with zero attached hydrogens (tertiary/aromatic N) is 4. The lowest BCUT2D eigenvalue weighted by Crippen LogP contribution is -2.34. The molecular weight excluding hydrogens is 286 g/mol. The number of hydrogen-bond donors (Lipinski definition) is 1. The lowest BCUT2D eigenvalue weighted by molar-refractivity contribution is -0.119. The van der Waals surface area contributed by atoms with Crippen LogP contribution in [-0.4, -0.2) is 37.9 Å². The Hall–Kier alpha value is -1.11. The summed E-state index contributed by atoms with van der Waals surface area (Å²) in [5.41, 5.74) is -0.185. The molecule has 1 rings (SSSR count). The highest BCUT2D eigenvalue weighted by Gasteiger charge is 2.20. The van der Waals surface area contributed by atoms with E-state index in [2.05, 4.69) is 34.7 Å². The van der Waals surface area contributed by atoms with Crippen LogP contribution in [0.5, 0.6) is 0 Å². The Morgan fingerprint density at radius 2 is 2.10 bits per heavy atom. The van der Waals surface area contributed by atoms with Crippen LogP contribution >= 0.6 is 11.8 Å². The van der Waals surface area contributed by atoms with Crippen molar-refractivity contribution in [3.05, 3.63) is 0 Å². The molecule has 0 aliphatic rings. The number of carbonyl (C=O) groups is 1. The molecule has 0 fully saturated rings. The largest absolute Gasteiger partial charge is 0.353 e. The van der Waals surface area contributed by atoms with Gasteiger partial charge >= 0.3 is 0 Å². The number of aromatic nitrogens is 4. The monoisotopic (exact) mass is 313 g/mol. The molecule has 0 bridgehead atoms. The quantitative estimate of drug-likeness (QED) is 0.590. The highest BCUT2D eigenvalue weighted by atomic mass is 32.2. The van der Waals surface area contributed by atoms with E-state index in [9.17, 15) is 4.79 Å². The fourth-order valence-corrected chi connectivity index (χ4v) is 2.78. The fourth-order valence-electron chi connectivity index (χ4n) is 1.91. The number of thioether (sulfide) groups is 1. The van der Waals surface area contributed by atoms with Crippen molar-refractivity contribution in [2.45, 2.75) is 77.0 Å². The Balaban J connectivity index is 2.38. The van der Waals surface area contributed by atoms with Gasteiger partial charge in [0, 0.05) is 6.04 Å². The average Bonchev–Trinajstić information content (AvgIpc) is 2.85. The van der Waals surface area contributed by atoms with E-state index >= 15 is 0 Å². The van der Waals surface area contributed by atoms with Crippen LogP contribution in [0.3, 0.4) is 0 Å². The van der Waals surface area contributed by atoms with Gasteiger partial charge in [0.25, 0.3) is 0 Å². The minimum absolute atomic E-state index is 0.0347. The van der Waals surface area contributed by atoms with Gasteiger partial charge in [0.05, 0.1) is 11.3 Å². The van der Waals surface area contributed by atoms with E-state index in [1.807, 2.05) is 20.8 Å². The molecule has 7 heteroatoms. The minimum Gasteiger partial charge on any atom is -0.353 e. The van der Waals surface area contributed by atoms with Crippen molar-refractivity contribution in [2.24, 2.45) is 0 Å². The molecule has 0 saturated heterocycles. The number of amides is 1. The zero-order valence-electron chi connectivity index (χ0n) is 13.7. The fraction of sp³-hybridized carbons (Fsp3) is 0.857. The van der Waals surface area contributed by atoms with Gasteiger partial charge in [-0.15, -0.1) is 5.10 Å². The van der Waals surface area contributed by atoms with Crippen LogP contribution in [0.15, 0.2) is 5.16 Å². The predicted octanol–water partition coefficient (Wildman–Crippen LogP) is 2.61. The molecule has 1 unspecified atom stereocenters. The van der Waals surface area contributed by atoms with Crippen LogP contribution < -0.4 is 5.32 Å². The van der Waals surface area contributed by atoms with Crippen LogP contribution in [0.4, 0.5) is 0 Å². The molecule has 0 radical (unpaired) electrons. The molecule has 6 nitrogen and oxygen atoms in total. The van der Waals surface area contributed by atoms with Crippen LogP contribution in [0.25, 0.3) is 0 Å². The number of tetrazole rings is 1. The van der Waals surface area contributed by atoms with Crippen molar-refractivity contribution in [3.8, 4) is 0 Å². The van der Waals surface area contributed by atoms with Crippen molar-refractivity contribution >= 4 is 17.7 Å². The maximum absolute atomic E-state index is 11.9. The van der Waals surface area contributed by atoms with Crippen LogP contribution in [-0.2, 0) is 10.3 Å². The van der Waals surface area contributed by atoms with Gasteiger partial charge in [-0.2, -0.15) is 0 Å². The lowest BCUT2D eigenvalue weighted by Gasteiger charge is -2.19. The Kier molecular flexibility index (Phi) is 7.14. The molecule has 0 saturated carbocycles. The third-order valence-corrected chi connectivity index (χ3v) is 3.98.